The van der Waals surface area contributed by atoms with Crippen molar-refractivity contribution in [3.8, 4) is 0 Å². The van der Waals surface area contributed by atoms with E-state index < -0.39 is 109 Å². The van der Waals surface area contributed by atoms with E-state index in [2.05, 4.69) is 6.92 Å². The number of rotatable bonds is 18. The SMILES string of the molecule is C/C=C/[C@H]1O[C@@](O)([C@@H](C)[C@H](O)[C@H](C)[C@H]2OC(=O)/C(OC)=C/C(C)=C/[C@@H](C)[C@@H](O)[C@@H](C)[C@@H](O)[C@H](C)C/C(C)=C/C=C/[C@@H]2OC)C[C@@H](O[C@H]2C[C@@H](OC(=O)CCCCCCCC)[C@H](OC(N)=O)[C@@H](C)O2)[C@@H]1C. The smallest absolute Gasteiger partial charge is 0.404 e. The largest absolute Gasteiger partial charge is 0.490 e. The third kappa shape index (κ3) is 17.6. The van der Waals surface area contributed by atoms with Gasteiger partial charge in [-0.05, 0) is 52.5 Å². The highest BCUT2D eigenvalue weighted by molar-refractivity contribution is 5.87. The van der Waals surface area contributed by atoms with E-state index in [0.29, 0.717) is 18.4 Å². The number of aliphatic hydroxyl groups excluding tert-OH is 3. The van der Waals surface area contributed by atoms with Gasteiger partial charge in [0.2, 0.25) is 5.76 Å². The van der Waals surface area contributed by atoms with Crippen LogP contribution in [0.4, 0.5) is 4.79 Å². The highest BCUT2D eigenvalue weighted by Crippen LogP contribution is 2.43. The van der Waals surface area contributed by atoms with E-state index >= 15 is 0 Å². The van der Waals surface area contributed by atoms with Gasteiger partial charge in [0.05, 0.1) is 43.7 Å². The molecule has 0 radical (unpaired) electrons. The first-order chi connectivity index (χ1) is 33.0. The lowest BCUT2D eigenvalue weighted by atomic mass is 9.77. The summed E-state index contributed by atoms with van der Waals surface area (Å²) in [7, 11) is 2.81. The molecule has 6 N–H and O–H groups in total. The standard InChI is InChI=1S/C54H89NO15/c1-14-16-17-18-19-20-25-45(56)66-42-29-46(65-39(11)51(42)69-53(55)61)67-44-30-54(62,70-40(22-15-2)35(44)7)38(10)49(59)37(9)50-41(63-12)24-21-23-31(3)26-33(5)47(57)36(8)48(58)34(6)27-32(4)28-43(64-13)52(60)68-50/h15,21-24,27-28,33-42,44,46-51,57-59,62H,14,16-20,25-26,29-30H2,1-13H3,(H2,55,61)/b22-15+,24-21+,31-23+,32-27+,43-28-/t33-,34-,35-,36+,37+,38+,39-,40-,41+,42-,44-,46+,47+,48-,49-,50-,51-,54-/m1/s1. The number of hydrogen-bond acceptors (Lipinski definition) is 15. The minimum atomic E-state index is -2.01. The van der Waals surface area contributed by atoms with Gasteiger partial charge in [0, 0.05) is 56.0 Å². The summed E-state index contributed by atoms with van der Waals surface area (Å²) in [6.07, 6.45) is 7.73. The predicted molar refractivity (Wildman–Crippen MR) is 265 cm³/mol. The van der Waals surface area contributed by atoms with Crippen LogP contribution in [0.1, 0.15) is 140 Å². The Morgan fingerprint density at radius 1 is 0.971 bits per heavy atom. The molecule has 0 aromatic heterocycles. The molecule has 3 rings (SSSR count). The summed E-state index contributed by atoms with van der Waals surface area (Å²) in [4.78, 5) is 39.1. The number of esters is 2. The van der Waals surface area contributed by atoms with E-state index in [4.69, 9.17) is 43.6 Å². The zero-order chi connectivity index (χ0) is 52.5. The van der Waals surface area contributed by atoms with Crippen molar-refractivity contribution in [1.29, 1.82) is 0 Å². The summed E-state index contributed by atoms with van der Waals surface area (Å²) in [5, 5.41) is 47.4. The average Bonchev–Trinajstić information content (AvgIpc) is 3.30. The van der Waals surface area contributed by atoms with Crippen LogP contribution in [0, 0.1) is 35.5 Å². The average molecular weight is 992 g/mol. The fraction of sp³-hybridized carbons (Fsp3) is 0.759. The van der Waals surface area contributed by atoms with Crippen LogP contribution in [0.3, 0.4) is 0 Å². The molecule has 2 fully saturated rings. The topological polar surface area (TPSA) is 232 Å². The third-order valence-electron chi connectivity index (χ3n) is 14.5. The van der Waals surface area contributed by atoms with Crippen molar-refractivity contribution in [3.63, 3.8) is 0 Å². The van der Waals surface area contributed by atoms with Gasteiger partial charge >= 0.3 is 18.0 Å². The van der Waals surface area contributed by atoms with E-state index in [1.807, 2.05) is 47.6 Å². The van der Waals surface area contributed by atoms with Crippen molar-refractivity contribution in [2.45, 2.75) is 213 Å². The third-order valence-corrected chi connectivity index (χ3v) is 14.5. The second-order valence-electron chi connectivity index (χ2n) is 20.3. The number of carbonyl (C=O) groups excluding carboxylic acids is 3. The normalized spacial score (nSPS) is 38.2. The Hall–Kier alpha value is -3.61. The lowest BCUT2D eigenvalue weighted by Crippen LogP contribution is -2.59. The Kier molecular flexibility index (Phi) is 25.3. The summed E-state index contributed by atoms with van der Waals surface area (Å²) in [6.45, 7) is 20.2. The molecule has 0 aromatic rings. The van der Waals surface area contributed by atoms with Crippen LogP contribution in [0.15, 0.2) is 59.4 Å². The Morgan fingerprint density at radius 2 is 1.64 bits per heavy atom. The minimum absolute atomic E-state index is 0.0125. The molecule has 16 heteroatoms. The summed E-state index contributed by atoms with van der Waals surface area (Å²) in [6, 6.07) is 0. The molecule has 16 nitrogen and oxygen atoms in total. The number of unbranched alkanes of at least 4 members (excludes halogenated alkanes) is 5. The molecule has 3 aliphatic rings. The van der Waals surface area contributed by atoms with Crippen molar-refractivity contribution in [3.05, 3.63) is 59.4 Å². The maximum atomic E-state index is 14.0. The minimum Gasteiger partial charge on any atom is -0.490 e. The van der Waals surface area contributed by atoms with E-state index in [1.165, 1.54) is 20.3 Å². The summed E-state index contributed by atoms with van der Waals surface area (Å²) < 4.78 is 48.3. The molecule has 3 aliphatic heterocycles. The molecule has 0 bridgehead atoms. The van der Waals surface area contributed by atoms with E-state index in [0.717, 1.165) is 37.7 Å². The number of nitrogens with two attached hydrogens (primary N) is 1. The molecule has 2 saturated heterocycles. The monoisotopic (exact) mass is 992 g/mol. The number of carbonyl (C=O) groups is 3. The van der Waals surface area contributed by atoms with Crippen LogP contribution < -0.4 is 5.73 Å². The molecule has 0 saturated carbocycles. The van der Waals surface area contributed by atoms with Crippen molar-refractivity contribution in [2.75, 3.05) is 14.2 Å². The Morgan fingerprint density at radius 3 is 2.27 bits per heavy atom. The van der Waals surface area contributed by atoms with Gasteiger partial charge in [0.1, 0.15) is 18.3 Å². The van der Waals surface area contributed by atoms with Crippen LogP contribution in [-0.2, 0) is 47.5 Å². The van der Waals surface area contributed by atoms with Gasteiger partial charge in [-0.15, -0.1) is 0 Å². The van der Waals surface area contributed by atoms with Crippen LogP contribution in [0.25, 0.3) is 0 Å². The number of hydrogen-bond donors (Lipinski definition) is 5. The summed E-state index contributed by atoms with van der Waals surface area (Å²) in [5.41, 5.74) is 7.00. The van der Waals surface area contributed by atoms with Gasteiger partial charge in [-0.3, -0.25) is 4.79 Å². The van der Waals surface area contributed by atoms with Gasteiger partial charge in [0.15, 0.2) is 18.2 Å². The zero-order valence-corrected chi connectivity index (χ0v) is 44.3. The van der Waals surface area contributed by atoms with Crippen molar-refractivity contribution < 1.29 is 72.7 Å². The first-order valence-electron chi connectivity index (χ1n) is 25.6. The maximum Gasteiger partial charge on any atom is 0.404 e. The van der Waals surface area contributed by atoms with Gasteiger partial charge in [-0.25, -0.2) is 9.59 Å². The quantitative estimate of drug-likeness (QED) is 0.0380. The fourth-order valence-electron chi connectivity index (χ4n) is 10.0. The second-order valence-corrected chi connectivity index (χ2v) is 20.3. The zero-order valence-electron chi connectivity index (χ0n) is 44.3. The Bertz CT molecular complexity index is 1800. The number of primary amides is 1. The van der Waals surface area contributed by atoms with Crippen LogP contribution in [-0.4, -0.2) is 126 Å². The molecule has 0 aromatic carbocycles. The molecule has 0 spiro atoms. The Balaban J connectivity index is 1.96. The molecule has 0 aliphatic carbocycles. The van der Waals surface area contributed by atoms with Crippen molar-refractivity contribution in [1.82, 2.24) is 0 Å². The van der Waals surface area contributed by atoms with Gasteiger partial charge in [-0.2, -0.15) is 0 Å². The Labute approximate surface area is 418 Å². The van der Waals surface area contributed by atoms with Gasteiger partial charge < -0.3 is 64.1 Å². The molecule has 1 amide bonds. The lowest BCUT2D eigenvalue weighted by molar-refractivity contribution is -0.339. The van der Waals surface area contributed by atoms with Gasteiger partial charge in [0.25, 0.3) is 0 Å². The van der Waals surface area contributed by atoms with Crippen LogP contribution >= 0.6 is 0 Å². The molecular weight excluding hydrogens is 903 g/mol. The lowest BCUT2D eigenvalue weighted by Gasteiger charge is -2.50. The number of methoxy groups -OCH3 is 2. The van der Waals surface area contributed by atoms with Crippen molar-refractivity contribution in [2.24, 2.45) is 41.2 Å². The number of aliphatic hydroxyl groups is 4. The second kappa shape index (κ2) is 29.2. The molecule has 400 valence electrons. The van der Waals surface area contributed by atoms with E-state index in [9.17, 15) is 34.8 Å². The predicted octanol–water partition coefficient (Wildman–Crippen LogP) is 7.90. The van der Waals surface area contributed by atoms with Crippen molar-refractivity contribution >= 4 is 18.0 Å². The number of amides is 1. The summed E-state index contributed by atoms with van der Waals surface area (Å²) >= 11 is 0. The number of cyclic esters (lactones) is 1. The first kappa shape index (κ1) is 60.7. The number of allylic oxidation sites excluding steroid dienone is 6. The molecule has 18 atom stereocenters. The van der Waals surface area contributed by atoms with Crippen LogP contribution in [0.2, 0.25) is 0 Å². The molecule has 3 heterocycles. The highest BCUT2D eigenvalue weighted by atomic mass is 16.7. The molecule has 0 unspecified atom stereocenters. The van der Waals surface area contributed by atoms with E-state index in [1.54, 1.807) is 58.1 Å². The van der Waals surface area contributed by atoms with Gasteiger partial charge in [-0.1, -0.05) is 128 Å². The fourth-order valence-corrected chi connectivity index (χ4v) is 10.0. The highest BCUT2D eigenvalue weighted by Gasteiger charge is 2.53. The molecular formula is C54H89NO15. The maximum absolute atomic E-state index is 14.0. The van der Waals surface area contributed by atoms with Crippen LogP contribution in [0.5, 0.6) is 0 Å². The number of ether oxygens (including phenoxy) is 8. The van der Waals surface area contributed by atoms with E-state index in [-0.39, 0.29) is 42.8 Å². The summed E-state index contributed by atoms with van der Waals surface area (Å²) in [5.74, 6) is -6.65. The molecule has 70 heavy (non-hydrogen) atoms. The first-order valence-corrected chi connectivity index (χ1v) is 25.6.